The van der Waals surface area contributed by atoms with Gasteiger partial charge in [-0.3, -0.25) is 0 Å². The fraction of sp³-hybridized carbons (Fsp3) is 0.417. The molecule has 0 aliphatic carbocycles. The third-order valence-corrected chi connectivity index (χ3v) is 2.37. The fourth-order valence-electron chi connectivity index (χ4n) is 1.46. The Bertz CT molecular complexity index is 306. The number of carbonyl (C=O) groups is 1. The first-order valence-electron chi connectivity index (χ1n) is 5.26. The molecule has 0 spiro atoms. The highest BCUT2D eigenvalue weighted by atomic mass is 16.4. The van der Waals surface area contributed by atoms with Crippen molar-refractivity contribution in [2.45, 2.75) is 25.7 Å². The van der Waals surface area contributed by atoms with Gasteiger partial charge in [-0.15, -0.1) is 0 Å². The Balaban J connectivity index is 2.39. The van der Waals surface area contributed by atoms with E-state index in [0.29, 0.717) is 5.56 Å². The number of unbranched alkanes of at least 4 members (excludes halogenated alkanes) is 2. The van der Waals surface area contributed by atoms with Gasteiger partial charge >= 0.3 is 5.97 Å². The van der Waals surface area contributed by atoms with Crippen LogP contribution in [0, 0.1) is 0 Å². The first-order valence-corrected chi connectivity index (χ1v) is 5.26. The van der Waals surface area contributed by atoms with Crippen molar-refractivity contribution in [2.75, 3.05) is 6.54 Å². The van der Waals surface area contributed by atoms with Crippen molar-refractivity contribution in [2.24, 2.45) is 5.73 Å². The van der Waals surface area contributed by atoms with Crippen LogP contribution >= 0.6 is 0 Å². The average molecular weight is 207 g/mol. The topological polar surface area (TPSA) is 63.3 Å². The number of aromatic carboxylic acids is 1. The Labute approximate surface area is 89.9 Å². The maximum Gasteiger partial charge on any atom is 0.335 e. The molecule has 0 aliphatic heterocycles. The van der Waals surface area contributed by atoms with E-state index in [4.69, 9.17) is 10.8 Å². The summed E-state index contributed by atoms with van der Waals surface area (Å²) in [6, 6.07) is 7.07. The lowest BCUT2D eigenvalue weighted by molar-refractivity contribution is 0.0697. The lowest BCUT2D eigenvalue weighted by atomic mass is 10.1. The van der Waals surface area contributed by atoms with Crippen molar-refractivity contribution in [1.82, 2.24) is 0 Å². The average Bonchev–Trinajstić information content (AvgIpc) is 2.25. The van der Waals surface area contributed by atoms with Gasteiger partial charge in [0, 0.05) is 0 Å². The molecular weight excluding hydrogens is 190 g/mol. The number of carboxylic acid groups (broad SMARTS) is 1. The number of aryl methyl sites for hydroxylation is 1. The highest BCUT2D eigenvalue weighted by Gasteiger charge is 2.01. The standard InChI is InChI=1S/C12H17NO2/c13-9-3-1-2-4-10-5-7-11(8-6-10)12(14)15/h5-8H,1-4,9,13H2,(H,14,15). The van der Waals surface area contributed by atoms with Gasteiger partial charge in [0.2, 0.25) is 0 Å². The van der Waals surface area contributed by atoms with Gasteiger partial charge in [0.15, 0.2) is 0 Å². The zero-order valence-electron chi connectivity index (χ0n) is 8.78. The molecule has 0 atom stereocenters. The fourth-order valence-corrected chi connectivity index (χ4v) is 1.46. The van der Waals surface area contributed by atoms with Crippen molar-refractivity contribution in [3.05, 3.63) is 35.4 Å². The lowest BCUT2D eigenvalue weighted by Gasteiger charge is -2.01. The van der Waals surface area contributed by atoms with Crippen LogP contribution in [0.2, 0.25) is 0 Å². The molecule has 0 unspecified atom stereocenters. The van der Waals surface area contributed by atoms with Gasteiger partial charge in [0.05, 0.1) is 5.56 Å². The Morgan fingerprint density at radius 2 is 1.80 bits per heavy atom. The molecule has 0 saturated carbocycles. The molecule has 1 rings (SSSR count). The number of hydrogen-bond donors (Lipinski definition) is 2. The van der Waals surface area contributed by atoms with Crippen LogP contribution in [0.1, 0.15) is 35.2 Å². The van der Waals surface area contributed by atoms with Crippen LogP contribution in [-0.2, 0) is 6.42 Å². The zero-order chi connectivity index (χ0) is 11.1. The molecule has 1 aromatic rings. The molecule has 0 heterocycles. The summed E-state index contributed by atoms with van der Waals surface area (Å²) in [5.74, 6) is -0.871. The molecule has 3 N–H and O–H groups in total. The maximum atomic E-state index is 10.6. The summed E-state index contributed by atoms with van der Waals surface area (Å²) >= 11 is 0. The summed E-state index contributed by atoms with van der Waals surface area (Å²) in [4.78, 5) is 10.6. The highest BCUT2D eigenvalue weighted by Crippen LogP contribution is 2.08. The second kappa shape index (κ2) is 6.19. The number of nitrogens with two attached hydrogens (primary N) is 1. The van der Waals surface area contributed by atoms with E-state index in [1.807, 2.05) is 12.1 Å². The largest absolute Gasteiger partial charge is 0.478 e. The first-order chi connectivity index (χ1) is 7.24. The zero-order valence-corrected chi connectivity index (χ0v) is 8.78. The molecule has 0 fully saturated rings. The molecular formula is C12H17NO2. The van der Waals surface area contributed by atoms with Gasteiger partial charge in [-0.1, -0.05) is 18.6 Å². The molecule has 1 aromatic carbocycles. The van der Waals surface area contributed by atoms with Gasteiger partial charge in [-0.05, 0) is 43.5 Å². The minimum atomic E-state index is -0.871. The molecule has 82 valence electrons. The van der Waals surface area contributed by atoms with Crippen LogP contribution in [0.5, 0.6) is 0 Å². The molecule has 15 heavy (non-hydrogen) atoms. The summed E-state index contributed by atoms with van der Waals surface area (Å²) < 4.78 is 0. The molecule has 3 heteroatoms. The first kappa shape index (κ1) is 11.7. The Morgan fingerprint density at radius 1 is 1.13 bits per heavy atom. The van der Waals surface area contributed by atoms with Crippen LogP contribution < -0.4 is 5.73 Å². The molecule has 0 aromatic heterocycles. The van der Waals surface area contributed by atoms with Crippen LogP contribution in [0.15, 0.2) is 24.3 Å². The van der Waals surface area contributed by atoms with Gasteiger partial charge in [-0.2, -0.15) is 0 Å². The van der Waals surface area contributed by atoms with Gasteiger partial charge in [0.25, 0.3) is 0 Å². The minimum absolute atomic E-state index is 0.348. The van der Waals surface area contributed by atoms with E-state index in [1.165, 1.54) is 5.56 Å². The number of carboxylic acids is 1. The number of benzene rings is 1. The molecule has 3 nitrogen and oxygen atoms in total. The predicted molar refractivity (Wildman–Crippen MR) is 60.0 cm³/mol. The summed E-state index contributed by atoms with van der Waals surface area (Å²) in [6.45, 7) is 0.748. The van der Waals surface area contributed by atoms with Crippen LogP contribution in [-0.4, -0.2) is 17.6 Å². The molecule has 0 aliphatic rings. The summed E-state index contributed by atoms with van der Waals surface area (Å²) in [7, 11) is 0. The number of rotatable bonds is 6. The van der Waals surface area contributed by atoms with E-state index in [-0.39, 0.29) is 0 Å². The Kier molecular flexibility index (Phi) is 4.84. The number of hydrogen-bond acceptors (Lipinski definition) is 2. The van der Waals surface area contributed by atoms with Crippen molar-refractivity contribution in [3.63, 3.8) is 0 Å². The van der Waals surface area contributed by atoms with Crippen molar-refractivity contribution in [1.29, 1.82) is 0 Å². The van der Waals surface area contributed by atoms with Crippen LogP contribution in [0.3, 0.4) is 0 Å². The van der Waals surface area contributed by atoms with Crippen molar-refractivity contribution >= 4 is 5.97 Å². The van der Waals surface area contributed by atoms with Crippen LogP contribution in [0.25, 0.3) is 0 Å². The summed E-state index contributed by atoms with van der Waals surface area (Å²) in [6.07, 6.45) is 4.31. The van der Waals surface area contributed by atoms with Crippen molar-refractivity contribution in [3.8, 4) is 0 Å². The predicted octanol–water partition coefficient (Wildman–Crippen LogP) is 2.06. The third-order valence-electron chi connectivity index (χ3n) is 2.37. The highest BCUT2D eigenvalue weighted by molar-refractivity contribution is 5.87. The van der Waals surface area contributed by atoms with E-state index in [9.17, 15) is 4.79 Å². The Morgan fingerprint density at radius 3 is 2.33 bits per heavy atom. The van der Waals surface area contributed by atoms with Crippen molar-refractivity contribution < 1.29 is 9.90 Å². The second-order valence-corrected chi connectivity index (χ2v) is 3.60. The van der Waals surface area contributed by atoms with Crippen LogP contribution in [0.4, 0.5) is 0 Å². The quantitative estimate of drug-likeness (QED) is 0.702. The van der Waals surface area contributed by atoms with Gasteiger partial charge < -0.3 is 10.8 Å². The van der Waals surface area contributed by atoms with Gasteiger partial charge in [0.1, 0.15) is 0 Å². The molecule has 0 radical (unpaired) electrons. The lowest BCUT2D eigenvalue weighted by Crippen LogP contribution is -1.98. The molecule has 0 amide bonds. The summed E-state index contributed by atoms with van der Waals surface area (Å²) in [5, 5.41) is 8.71. The second-order valence-electron chi connectivity index (χ2n) is 3.60. The van der Waals surface area contributed by atoms with E-state index < -0.39 is 5.97 Å². The van der Waals surface area contributed by atoms with E-state index in [1.54, 1.807) is 12.1 Å². The molecule has 0 saturated heterocycles. The van der Waals surface area contributed by atoms with E-state index >= 15 is 0 Å². The smallest absolute Gasteiger partial charge is 0.335 e. The summed E-state index contributed by atoms with van der Waals surface area (Å²) in [5.41, 5.74) is 6.94. The third kappa shape index (κ3) is 4.13. The normalized spacial score (nSPS) is 10.2. The SMILES string of the molecule is NCCCCCc1ccc(C(=O)O)cc1. The Hall–Kier alpha value is -1.35. The van der Waals surface area contributed by atoms with Gasteiger partial charge in [-0.25, -0.2) is 4.79 Å². The minimum Gasteiger partial charge on any atom is -0.478 e. The van der Waals surface area contributed by atoms with E-state index in [2.05, 4.69) is 0 Å². The van der Waals surface area contributed by atoms with E-state index in [0.717, 1.165) is 32.2 Å². The maximum absolute atomic E-state index is 10.6. The molecule has 0 bridgehead atoms. The monoisotopic (exact) mass is 207 g/mol.